The van der Waals surface area contributed by atoms with E-state index < -0.39 is 5.60 Å². The first-order valence-corrected chi connectivity index (χ1v) is 16.2. The lowest BCUT2D eigenvalue weighted by Gasteiger charge is -2.38. The van der Waals surface area contributed by atoms with Gasteiger partial charge in [0.2, 0.25) is 0 Å². The number of aryl methyl sites for hydroxylation is 1. The number of aliphatic hydroxyl groups is 1. The van der Waals surface area contributed by atoms with Crippen LogP contribution in [-0.2, 0) is 40.1 Å². The molecule has 1 spiro atoms. The summed E-state index contributed by atoms with van der Waals surface area (Å²) in [4.78, 5) is 16.7. The second-order valence-electron chi connectivity index (χ2n) is 12.4. The van der Waals surface area contributed by atoms with E-state index in [0.717, 1.165) is 31.8 Å². The van der Waals surface area contributed by atoms with Crippen LogP contribution in [0.2, 0.25) is 0 Å². The predicted octanol–water partition coefficient (Wildman–Crippen LogP) is 5.89. The Kier molecular flexibility index (Phi) is 8.56. The quantitative estimate of drug-likeness (QED) is 0.207. The zero-order valence-corrected chi connectivity index (χ0v) is 27.8. The number of carbonyl (C=O) groups is 1. The van der Waals surface area contributed by atoms with Crippen molar-refractivity contribution in [2.75, 3.05) is 18.6 Å². The van der Waals surface area contributed by atoms with Crippen molar-refractivity contribution in [3.63, 3.8) is 0 Å². The topological polar surface area (TPSA) is 89.7 Å². The number of rotatable bonds is 10. The maximum Gasteiger partial charge on any atom is 0.264 e. The second kappa shape index (κ2) is 12.3. The van der Waals surface area contributed by atoms with Gasteiger partial charge in [0, 0.05) is 46.7 Å². The van der Waals surface area contributed by atoms with Crippen LogP contribution in [0, 0.1) is 15.4 Å². The summed E-state index contributed by atoms with van der Waals surface area (Å²) in [5.74, 6) is 0.678. The van der Waals surface area contributed by atoms with Crippen molar-refractivity contribution in [2.45, 2.75) is 63.8 Å². The Hall–Kier alpha value is -3.28. The molecule has 1 fully saturated rings. The van der Waals surface area contributed by atoms with Gasteiger partial charge >= 0.3 is 0 Å². The average Bonchev–Trinajstić information content (AvgIpc) is 3.67. The molecule has 1 amide bonds. The molecule has 0 radical (unpaired) electrons. The third kappa shape index (κ3) is 5.32. The molecule has 8 nitrogen and oxygen atoms in total. The van der Waals surface area contributed by atoms with Gasteiger partial charge in [0.25, 0.3) is 5.91 Å². The van der Waals surface area contributed by atoms with E-state index in [1.54, 1.807) is 7.11 Å². The van der Waals surface area contributed by atoms with Gasteiger partial charge in [-0.2, -0.15) is 0 Å². The smallest absolute Gasteiger partial charge is 0.264 e. The third-order valence-electron chi connectivity index (χ3n) is 9.58. The largest absolute Gasteiger partial charge is 0.497 e. The van der Waals surface area contributed by atoms with E-state index in [1.807, 2.05) is 46.1 Å². The van der Waals surface area contributed by atoms with E-state index in [-0.39, 0.29) is 35.9 Å². The molecule has 44 heavy (non-hydrogen) atoms. The Morgan fingerprint density at radius 1 is 1.09 bits per heavy atom. The number of amides is 1. The molecule has 230 valence electrons. The number of hydrogen-bond acceptors (Lipinski definition) is 6. The van der Waals surface area contributed by atoms with Crippen molar-refractivity contribution in [2.24, 2.45) is 11.8 Å². The van der Waals surface area contributed by atoms with Gasteiger partial charge in [-0.25, -0.2) is 0 Å². The molecule has 0 aliphatic carbocycles. The Labute approximate surface area is 272 Å². The summed E-state index contributed by atoms with van der Waals surface area (Å²) in [6.45, 7) is 7.81. The lowest BCUT2D eigenvalue weighted by atomic mass is 9.63. The Balaban J connectivity index is 1.42. The van der Waals surface area contributed by atoms with Crippen molar-refractivity contribution in [3.8, 4) is 5.75 Å². The van der Waals surface area contributed by atoms with E-state index in [0.29, 0.717) is 25.9 Å². The minimum Gasteiger partial charge on any atom is -0.497 e. The van der Waals surface area contributed by atoms with Gasteiger partial charge in [-0.15, -0.1) is 5.10 Å². The van der Waals surface area contributed by atoms with Gasteiger partial charge in [0.1, 0.15) is 5.75 Å². The number of aromatic nitrogens is 3. The number of methoxy groups -OCH3 is 1. The number of halogens is 1. The molecule has 0 unspecified atom stereocenters. The third-order valence-corrected chi connectivity index (χ3v) is 10.2. The molecule has 4 atom stereocenters. The van der Waals surface area contributed by atoms with Crippen LogP contribution < -0.4 is 9.64 Å². The highest BCUT2D eigenvalue weighted by molar-refractivity contribution is 14.1. The van der Waals surface area contributed by atoms with Crippen molar-refractivity contribution in [3.05, 3.63) is 105 Å². The summed E-state index contributed by atoms with van der Waals surface area (Å²) >= 11 is 2.33. The fourth-order valence-corrected chi connectivity index (χ4v) is 7.91. The zero-order chi connectivity index (χ0) is 31.1. The zero-order valence-electron chi connectivity index (χ0n) is 25.6. The van der Waals surface area contributed by atoms with Crippen LogP contribution in [0.1, 0.15) is 49.6 Å². The minimum absolute atomic E-state index is 0.00247. The van der Waals surface area contributed by atoms with Gasteiger partial charge in [-0.05, 0) is 75.9 Å². The first-order chi connectivity index (χ1) is 21.2. The first kappa shape index (κ1) is 30.7. The van der Waals surface area contributed by atoms with Crippen LogP contribution in [-0.4, -0.2) is 45.8 Å². The average molecular weight is 707 g/mol. The molecular weight excluding hydrogens is 667 g/mol. The monoisotopic (exact) mass is 706 g/mol. The van der Waals surface area contributed by atoms with Crippen molar-refractivity contribution in [1.82, 2.24) is 15.0 Å². The van der Waals surface area contributed by atoms with Crippen molar-refractivity contribution >= 4 is 34.2 Å². The molecule has 1 saturated heterocycles. The van der Waals surface area contributed by atoms with Crippen molar-refractivity contribution in [1.29, 1.82) is 0 Å². The minimum atomic E-state index is -1.12. The molecule has 0 saturated carbocycles. The normalized spacial score (nSPS) is 23.0. The SMILES string of the molecule is COc1ccc(C(C)(C)[C@@H]2[C@@H](CCn3cc(CCO)nn3)O[C@]3(C(=O)N(Cc4ccccc4)c4ccc(I)cc43)[C@H]2C)cc1. The summed E-state index contributed by atoms with van der Waals surface area (Å²) in [5, 5.41) is 17.8. The van der Waals surface area contributed by atoms with E-state index in [4.69, 9.17) is 9.47 Å². The molecule has 2 aliphatic rings. The van der Waals surface area contributed by atoms with Crippen LogP contribution in [0.4, 0.5) is 5.69 Å². The highest BCUT2D eigenvalue weighted by atomic mass is 127. The maximum atomic E-state index is 14.8. The number of benzene rings is 3. The number of hydrogen-bond donors (Lipinski definition) is 1. The van der Waals surface area contributed by atoms with Crippen LogP contribution in [0.5, 0.6) is 5.75 Å². The molecule has 6 rings (SSSR count). The molecule has 2 aliphatic heterocycles. The molecule has 0 bridgehead atoms. The van der Waals surface area contributed by atoms with Gasteiger partial charge in [0.05, 0.1) is 31.1 Å². The standard InChI is InChI=1S/C35H39IN4O4/c1-23-32(34(2,3)25-10-13-28(43-4)14-11-25)31(16-18-39-22-27(17-19-41)37-38-39)44-35(23)29-20-26(36)12-15-30(29)40(33(35)42)21-24-8-6-5-7-9-24/h5-15,20,22-23,31-32,41H,16-19,21H2,1-4H3/t23-,31+,32-,35+/m0/s1. The Bertz CT molecular complexity index is 1620. The number of anilines is 1. The van der Waals surface area contributed by atoms with Gasteiger partial charge in [-0.1, -0.05) is 68.4 Å². The number of carbonyl (C=O) groups excluding carboxylic acids is 1. The van der Waals surface area contributed by atoms with E-state index in [1.165, 1.54) is 5.56 Å². The molecule has 1 aromatic heterocycles. The number of ether oxygens (including phenoxy) is 2. The van der Waals surface area contributed by atoms with Gasteiger partial charge < -0.3 is 19.5 Å². The van der Waals surface area contributed by atoms with Gasteiger partial charge in [-0.3, -0.25) is 9.48 Å². The highest BCUT2D eigenvalue weighted by Crippen LogP contribution is 2.60. The van der Waals surface area contributed by atoms with E-state index in [9.17, 15) is 9.90 Å². The number of fused-ring (bicyclic) bond motifs is 2. The number of aliphatic hydroxyl groups excluding tert-OH is 1. The Morgan fingerprint density at radius 2 is 1.84 bits per heavy atom. The Morgan fingerprint density at radius 3 is 2.55 bits per heavy atom. The molecule has 9 heteroatoms. The summed E-state index contributed by atoms with van der Waals surface area (Å²) in [5.41, 5.74) is 3.41. The summed E-state index contributed by atoms with van der Waals surface area (Å²) in [7, 11) is 1.68. The fraction of sp³-hybridized carbons (Fsp3) is 0.400. The summed E-state index contributed by atoms with van der Waals surface area (Å²) < 4.78 is 15.5. The molecule has 1 N–H and O–H groups in total. The van der Waals surface area contributed by atoms with Gasteiger partial charge in [0.15, 0.2) is 5.60 Å². The first-order valence-electron chi connectivity index (χ1n) is 15.2. The van der Waals surface area contributed by atoms with Crippen LogP contribution in [0.25, 0.3) is 0 Å². The predicted molar refractivity (Wildman–Crippen MR) is 177 cm³/mol. The lowest BCUT2D eigenvalue weighted by Crippen LogP contribution is -2.45. The highest BCUT2D eigenvalue weighted by Gasteiger charge is 2.65. The fourth-order valence-electron chi connectivity index (χ4n) is 7.42. The van der Waals surface area contributed by atoms with Crippen LogP contribution in [0.3, 0.4) is 0 Å². The lowest BCUT2D eigenvalue weighted by molar-refractivity contribution is -0.146. The summed E-state index contributed by atoms with van der Waals surface area (Å²) in [6, 6.07) is 24.6. The second-order valence-corrected chi connectivity index (χ2v) is 13.7. The molecular formula is C35H39IN4O4. The van der Waals surface area contributed by atoms with Crippen molar-refractivity contribution < 1.29 is 19.4 Å². The molecule has 4 aromatic rings. The molecule has 3 aromatic carbocycles. The van der Waals surface area contributed by atoms with Crippen LogP contribution in [0.15, 0.2) is 79.0 Å². The molecule has 3 heterocycles. The number of nitrogens with zero attached hydrogens (tertiary/aromatic N) is 4. The van der Waals surface area contributed by atoms with Crippen LogP contribution >= 0.6 is 22.6 Å². The van der Waals surface area contributed by atoms with E-state index in [2.05, 4.69) is 96.1 Å². The maximum absolute atomic E-state index is 14.8. The van der Waals surface area contributed by atoms with E-state index >= 15 is 0 Å². The summed E-state index contributed by atoms with van der Waals surface area (Å²) in [6.07, 6.45) is 2.77.